The summed E-state index contributed by atoms with van der Waals surface area (Å²) in [5.74, 6) is 0. The fourth-order valence-corrected chi connectivity index (χ4v) is 15.1. The van der Waals surface area contributed by atoms with Gasteiger partial charge in [-0.25, -0.2) is 0 Å². The fourth-order valence-electron chi connectivity index (χ4n) is 5.09. The third-order valence-electron chi connectivity index (χ3n) is 6.45. The Morgan fingerprint density at radius 2 is 1.60 bits per heavy atom. The third kappa shape index (κ3) is 3.56. The molecule has 0 saturated carbocycles. The van der Waals surface area contributed by atoms with Gasteiger partial charge in [0.05, 0.1) is 0 Å². The van der Waals surface area contributed by atoms with Crippen LogP contribution in [0.25, 0.3) is 11.1 Å². The van der Waals surface area contributed by atoms with Gasteiger partial charge in [0.15, 0.2) is 0 Å². The zero-order valence-electron chi connectivity index (χ0n) is 17.4. The summed E-state index contributed by atoms with van der Waals surface area (Å²) in [7, 11) is 0. The molecule has 0 bridgehead atoms. The Kier molecular flexibility index (Phi) is 6.88. The van der Waals surface area contributed by atoms with Gasteiger partial charge in [0.1, 0.15) is 0 Å². The average Bonchev–Trinajstić information content (AvgIpc) is 3.35. The molecule has 0 spiro atoms. The van der Waals surface area contributed by atoms with E-state index in [1.165, 1.54) is 31.1 Å². The first-order valence-corrected chi connectivity index (χ1v) is 15.5. The van der Waals surface area contributed by atoms with E-state index in [0.29, 0.717) is 0 Å². The molecule has 0 fully saturated rings. The van der Waals surface area contributed by atoms with Crippen LogP contribution in [0.1, 0.15) is 28.7 Å². The first-order chi connectivity index (χ1) is 13.6. The van der Waals surface area contributed by atoms with E-state index in [2.05, 4.69) is 92.7 Å². The molecule has 3 heteroatoms. The van der Waals surface area contributed by atoms with E-state index in [1.807, 2.05) is 0 Å². The molecule has 0 radical (unpaired) electrons. The summed E-state index contributed by atoms with van der Waals surface area (Å²) in [4.78, 5) is 0. The molecule has 5 rings (SSSR count). The van der Waals surface area contributed by atoms with Gasteiger partial charge in [-0.1, -0.05) is 0 Å². The Labute approximate surface area is 196 Å². The van der Waals surface area contributed by atoms with Gasteiger partial charge in [0, 0.05) is 0 Å². The first-order valence-electron chi connectivity index (χ1n) is 10.1. The predicted molar refractivity (Wildman–Crippen MR) is 133 cm³/mol. The van der Waals surface area contributed by atoms with Crippen LogP contribution in [0.2, 0.25) is 0 Å². The van der Waals surface area contributed by atoms with Gasteiger partial charge in [-0.05, 0) is 0 Å². The SMILES string of the molecule is Cl.Cl.[CH2]=[Zr]([C]1=CC=CC1)([c]1ccccc1)[c]1c(C)ccc2c1Cc1cc(C)ccc1-2. The van der Waals surface area contributed by atoms with E-state index >= 15 is 0 Å². The topological polar surface area (TPSA) is 0 Å². The standard InChI is InChI=1S/C15H13.C6H5.C5H5.CH2.2ClH.Zr/c1-10-3-5-14-12(7-10)9-13-8-11(2)4-6-15(13)14;1-2-4-6-5-3-1;1-2-4-5-3-1;;;;/h3-7H,9H2,1-2H3;1-5H;1-3H,4H2;1H2;2*1H;. The first kappa shape index (κ1) is 23.1. The maximum atomic E-state index is 5.11. The number of fused-ring (bicyclic) bond motifs is 3. The van der Waals surface area contributed by atoms with Crippen LogP contribution >= 0.6 is 24.8 Å². The van der Waals surface area contributed by atoms with Crippen LogP contribution in [0.3, 0.4) is 0 Å². The van der Waals surface area contributed by atoms with Crippen LogP contribution in [0.4, 0.5) is 0 Å². The Hall–Kier alpha value is -1.53. The van der Waals surface area contributed by atoms with Crippen LogP contribution in [-0.4, -0.2) is 4.21 Å². The van der Waals surface area contributed by atoms with Crippen molar-refractivity contribution >= 4 is 35.6 Å². The Balaban J connectivity index is 0.00000128. The molecule has 0 aromatic heterocycles. The van der Waals surface area contributed by atoms with Gasteiger partial charge in [0.25, 0.3) is 0 Å². The van der Waals surface area contributed by atoms with Crippen LogP contribution in [0, 0.1) is 13.8 Å². The Bertz CT molecular complexity index is 1200. The van der Waals surface area contributed by atoms with Gasteiger partial charge in [-0.2, -0.15) is 0 Å². The van der Waals surface area contributed by atoms with Crippen LogP contribution in [-0.2, 0) is 26.2 Å². The molecule has 3 aromatic carbocycles. The van der Waals surface area contributed by atoms with Crippen molar-refractivity contribution < 1.29 is 19.8 Å². The van der Waals surface area contributed by atoms with E-state index < -0.39 is 19.8 Å². The molecule has 1 atom stereocenters. The molecule has 1 unspecified atom stereocenters. The molecule has 0 N–H and O–H groups in total. The number of halogens is 2. The van der Waals surface area contributed by atoms with Gasteiger partial charge >= 0.3 is 173 Å². The Morgan fingerprint density at radius 1 is 0.867 bits per heavy atom. The molecule has 153 valence electrons. The third-order valence-corrected chi connectivity index (χ3v) is 17.1. The van der Waals surface area contributed by atoms with Crippen molar-refractivity contribution in [1.82, 2.24) is 0 Å². The normalized spacial score (nSPS) is 15.3. The molecule has 2 aliphatic carbocycles. The molecule has 3 aromatic rings. The fraction of sp³-hybridized carbons (Fsp3) is 0.148. The van der Waals surface area contributed by atoms with E-state index in [4.69, 9.17) is 4.21 Å². The number of rotatable bonds is 3. The molecule has 0 amide bonds. The van der Waals surface area contributed by atoms with Crippen molar-refractivity contribution in [1.29, 1.82) is 0 Å². The number of allylic oxidation sites excluding steroid dienone is 4. The van der Waals surface area contributed by atoms with Crippen molar-refractivity contribution in [2.24, 2.45) is 0 Å². The van der Waals surface area contributed by atoms with E-state index in [1.54, 1.807) is 12.1 Å². The van der Waals surface area contributed by atoms with Gasteiger partial charge in [0.2, 0.25) is 0 Å². The summed E-state index contributed by atoms with van der Waals surface area (Å²) in [5.41, 5.74) is 8.64. The van der Waals surface area contributed by atoms with Gasteiger partial charge in [-0.3, -0.25) is 0 Å². The average molecular weight is 514 g/mol. The summed E-state index contributed by atoms with van der Waals surface area (Å²) in [5, 5.41) is 0. The van der Waals surface area contributed by atoms with Crippen molar-refractivity contribution in [2.75, 3.05) is 0 Å². The van der Waals surface area contributed by atoms with Gasteiger partial charge in [-0.15, -0.1) is 24.8 Å². The van der Waals surface area contributed by atoms with E-state index in [9.17, 15) is 0 Å². The number of aryl methyl sites for hydroxylation is 2. The summed E-state index contributed by atoms with van der Waals surface area (Å²) in [6.45, 7) is 4.49. The van der Waals surface area contributed by atoms with E-state index in [0.717, 1.165) is 12.8 Å². The molecule has 2 aliphatic rings. The number of benzene rings is 3. The molecule has 0 saturated heterocycles. The number of hydrogen-bond donors (Lipinski definition) is 0. The number of hydrogen-bond acceptors (Lipinski definition) is 0. The van der Waals surface area contributed by atoms with Crippen molar-refractivity contribution in [2.45, 2.75) is 26.7 Å². The molecule has 0 aliphatic heterocycles. The summed E-state index contributed by atoms with van der Waals surface area (Å²) in [6, 6.07) is 22.8. The second-order valence-corrected chi connectivity index (χ2v) is 16.9. The van der Waals surface area contributed by atoms with E-state index in [-0.39, 0.29) is 24.8 Å². The van der Waals surface area contributed by atoms with Crippen molar-refractivity contribution in [3.63, 3.8) is 0 Å². The maximum absolute atomic E-state index is 5.11. The predicted octanol–water partition coefficient (Wildman–Crippen LogP) is 6.10. The van der Waals surface area contributed by atoms with Crippen LogP contribution < -0.4 is 6.54 Å². The summed E-state index contributed by atoms with van der Waals surface area (Å²) < 4.78 is 9.78. The zero-order chi connectivity index (χ0) is 19.3. The quantitative estimate of drug-likeness (QED) is 0.311. The van der Waals surface area contributed by atoms with Crippen LogP contribution in [0.5, 0.6) is 0 Å². The molecular formula is C27H27Cl2Zr. The zero-order valence-corrected chi connectivity index (χ0v) is 21.5. The second kappa shape index (κ2) is 8.91. The molecule has 30 heavy (non-hydrogen) atoms. The second-order valence-electron chi connectivity index (χ2n) is 8.22. The molecular weight excluding hydrogens is 486 g/mol. The summed E-state index contributed by atoms with van der Waals surface area (Å²) >= 11 is -3.25. The van der Waals surface area contributed by atoms with Crippen molar-refractivity contribution in [3.05, 3.63) is 104 Å². The minimum atomic E-state index is -3.25. The van der Waals surface area contributed by atoms with Crippen molar-refractivity contribution in [3.8, 4) is 11.1 Å². The molecule has 0 heterocycles. The monoisotopic (exact) mass is 511 g/mol. The van der Waals surface area contributed by atoms with Crippen LogP contribution in [0.15, 0.2) is 82.2 Å². The summed E-state index contributed by atoms with van der Waals surface area (Å²) in [6.07, 6.45) is 8.99. The minimum absolute atomic E-state index is 0. The molecule has 0 nitrogen and oxygen atoms in total. The Morgan fingerprint density at radius 3 is 2.30 bits per heavy atom. The van der Waals surface area contributed by atoms with Gasteiger partial charge < -0.3 is 0 Å².